The van der Waals surface area contributed by atoms with Gasteiger partial charge in [-0.3, -0.25) is 19.6 Å². The predicted molar refractivity (Wildman–Crippen MR) is 105 cm³/mol. The van der Waals surface area contributed by atoms with Gasteiger partial charge in [-0.2, -0.15) is 5.10 Å². The largest absolute Gasteiger partial charge is 0.493 e. The van der Waals surface area contributed by atoms with Crippen LogP contribution in [0.5, 0.6) is 17.2 Å². The molecule has 0 atom stereocenters. The zero-order valence-corrected chi connectivity index (χ0v) is 16.3. The molecule has 9 nitrogen and oxygen atoms in total. The highest BCUT2D eigenvalue weighted by Crippen LogP contribution is 2.34. The normalized spacial score (nSPS) is 10.4. The van der Waals surface area contributed by atoms with E-state index in [4.69, 9.17) is 9.47 Å². The summed E-state index contributed by atoms with van der Waals surface area (Å²) in [6.45, 7) is -0.0447. The van der Waals surface area contributed by atoms with E-state index >= 15 is 0 Å². The second kappa shape index (κ2) is 8.53. The summed E-state index contributed by atoms with van der Waals surface area (Å²) in [6.07, 6.45) is 3.20. The Morgan fingerprint density at radius 1 is 1.29 bits per heavy atom. The van der Waals surface area contributed by atoms with Crippen molar-refractivity contribution in [1.29, 1.82) is 0 Å². The molecule has 3 aromatic rings. The predicted octanol–water partition coefficient (Wildman–Crippen LogP) is 3.99. The van der Waals surface area contributed by atoms with Gasteiger partial charge < -0.3 is 14.8 Å². The van der Waals surface area contributed by atoms with Gasteiger partial charge in [0.1, 0.15) is 12.3 Å². The first-order chi connectivity index (χ1) is 13.4. The van der Waals surface area contributed by atoms with Crippen LogP contribution in [0.1, 0.15) is 0 Å². The lowest BCUT2D eigenvalue weighted by Crippen LogP contribution is -2.19. The van der Waals surface area contributed by atoms with Gasteiger partial charge in [-0.25, -0.2) is 0 Å². The van der Waals surface area contributed by atoms with Gasteiger partial charge in [0.25, 0.3) is 5.69 Å². The highest BCUT2D eigenvalue weighted by Gasteiger charge is 2.15. The summed E-state index contributed by atoms with van der Waals surface area (Å²) < 4.78 is 13.1. The first-order valence-corrected chi connectivity index (χ1v) is 8.82. The van der Waals surface area contributed by atoms with E-state index in [0.717, 1.165) is 4.47 Å². The lowest BCUT2D eigenvalue weighted by molar-refractivity contribution is -0.384. The van der Waals surface area contributed by atoms with Gasteiger partial charge in [-0.05, 0) is 28.1 Å². The smallest absolute Gasteiger partial charge is 0.275 e. The molecule has 10 heteroatoms. The van der Waals surface area contributed by atoms with Crippen LogP contribution in [0.25, 0.3) is 0 Å². The number of halogens is 1. The molecule has 0 aliphatic carbocycles. The van der Waals surface area contributed by atoms with Crippen LogP contribution in [0, 0.1) is 10.1 Å². The summed E-state index contributed by atoms with van der Waals surface area (Å²) in [5.74, 6) is 0.670. The molecule has 0 bridgehead atoms. The topological polar surface area (TPSA) is 109 Å². The highest BCUT2D eigenvalue weighted by molar-refractivity contribution is 9.10. The molecule has 0 fully saturated rings. The average Bonchev–Trinajstić information content (AvgIpc) is 3.06. The number of rotatable bonds is 7. The molecule has 0 aliphatic heterocycles. The second-order valence-electron chi connectivity index (χ2n) is 5.63. The van der Waals surface area contributed by atoms with Crippen molar-refractivity contribution in [3.05, 3.63) is 69.4 Å². The lowest BCUT2D eigenvalue weighted by Gasteiger charge is -2.12. The van der Waals surface area contributed by atoms with Gasteiger partial charge >= 0.3 is 0 Å². The first-order valence-electron chi connectivity index (χ1n) is 8.03. The molecular weight excluding hydrogens is 432 g/mol. The molecule has 0 saturated carbocycles. The van der Waals surface area contributed by atoms with E-state index in [1.807, 2.05) is 0 Å². The fraction of sp³-hybridized carbons (Fsp3) is 0.111. The minimum Gasteiger partial charge on any atom is -0.493 e. The van der Waals surface area contributed by atoms with Crippen molar-refractivity contribution in [3.63, 3.8) is 0 Å². The molecule has 3 rings (SSSR count). The van der Waals surface area contributed by atoms with E-state index in [-0.39, 0.29) is 29.6 Å². The Morgan fingerprint density at radius 3 is 2.68 bits per heavy atom. The summed E-state index contributed by atoms with van der Waals surface area (Å²) in [6, 6.07) is 10.9. The van der Waals surface area contributed by atoms with Crippen LogP contribution in [-0.2, 0) is 11.3 Å². The molecule has 0 saturated heterocycles. The number of ether oxygens (including phenoxy) is 2. The zero-order chi connectivity index (χ0) is 20.1. The van der Waals surface area contributed by atoms with Crippen LogP contribution in [-0.4, -0.2) is 27.7 Å². The summed E-state index contributed by atoms with van der Waals surface area (Å²) >= 11 is 3.25. The first kappa shape index (κ1) is 19.4. The maximum atomic E-state index is 12.2. The van der Waals surface area contributed by atoms with Crippen molar-refractivity contribution in [1.82, 2.24) is 9.78 Å². The number of non-ortho nitro benzene ring substituents is 1. The molecule has 0 aliphatic rings. The Kier molecular flexibility index (Phi) is 5.90. The number of hydrogen-bond donors (Lipinski definition) is 1. The third-order valence-corrected chi connectivity index (χ3v) is 4.00. The Bertz CT molecular complexity index is 1020. The van der Waals surface area contributed by atoms with Crippen molar-refractivity contribution in [2.45, 2.75) is 6.54 Å². The number of methoxy groups -OCH3 is 1. The highest BCUT2D eigenvalue weighted by atomic mass is 79.9. The number of carbonyl (C=O) groups excluding carboxylic acids is 1. The Morgan fingerprint density at radius 2 is 2.04 bits per heavy atom. The molecule has 0 radical (unpaired) electrons. The number of nitro benzene ring substituents is 1. The number of carbonyl (C=O) groups is 1. The molecule has 144 valence electrons. The van der Waals surface area contributed by atoms with E-state index < -0.39 is 4.92 Å². The maximum absolute atomic E-state index is 12.2. The van der Waals surface area contributed by atoms with Crippen LogP contribution in [0.4, 0.5) is 11.4 Å². The van der Waals surface area contributed by atoms with Crippen LogP contribution < -0.4 is 14.8 Å². The average molecular weight is 447 g/mol. The number of nitro groups is 1. The van der Waals surface area contributed by atoms with Crippen molar-refractivity contribution in [2.75, 3.05) is 12.4 Å². The van der Waals surface area contributed by atoms with Crippen molar-refractivity contribution in [3.8, 4) is 17.2 Å². The number of hydrogen-bond acceptors (Lipinski definition) is 6. The molecule has 1 aromatic heterocycles. The van der Waals surface area contributed by atoms with Crippen LogP contribution in [0.15, 0.2) is 59.3 Å². The van der Waals surface area contributed by atoms with Crippen molar-refractivity contribution in [2.24, 2.45) is 0 Å². The van der Waals surface area contributed by atoms with E-state index in [1.165, 1.54) is 30.0 Å². The van der Waals surface area contributed by atoms with Gasteiger partial charge in [-0.15, -0.1) is 0 Å². The number of aromatic nitrogens is 2. The number of amides is 1. The van der Waals surface area contributed by atoms with E-state index in [1.54, 1.807) is 36.7 Å². The summed E-state index contributed by atoms with van der Waals surface area (Å²) in [5, 5.41) is 17.9. The molecular formula is C18H15BrN4O5. The SMILES string of the molecule is COc1ccccc1Oc1cc(NC(=O)Cn2cc(Br)cn2)cc([N+](=O)[O-])c1. The molecule has 1 amide bonds. The standard InChI is InChI=1S/C18H15BrN4O5/c1-27-16-4-2-3-5-17(16)28-15-7-13(6-14(8-15)23(25)26)21-18(24)11-22-10-12(19)9-20-22/h2-10H,11H2,1H3,(H,21,24). The third-order valence-electron chi connectivity index (χ3n) is 3.59. The zero-order valence-electron chi connectivity index (χ0n) is 14.7. The molecule has 2 aromatic carbocycles. The Hall–Kier alpha value is -3.40. The molecule has 0 unspecified atom stereocenters. The Balaban J connectivity index is 1.83. The van der Waals surface area contributed by atoms with Gasteiger partial charge in [0, 0.05) is 18.3 Å². The third kappa shape index (κ3) is 4.86. The lowest BCUT2D eigenvalue weighted by atomic mass is 10.2. The van der Waals surface area contributed by atoms with Crippen LogP contribution in [0.3, 0.4) is 0 Å². The summed E-state index contributed by atoms with van der Waals surface area (Å²) in [7, 11) is 1.49. The Labute approximate surface area is 168 Å². The van der Waals surface area contributed by atoms with Gasteiger partial charge in [0.05, 0.1) is 34.5 Å². The molecule has 1 N–H and O–H groups in total. The summed E-state index contributed by atoms with van der Waals surface area (Å²) in [5.41, 5.74) is 0.0138. The van der Waals surface area contributed by atoms with Crippen LogP contribution in [0.2, 0.25) is 0 Å². The van der Waals surface area contributed by atoms with Crippen molar-refractivity contribution < 1.29 is 19.2 Å². The summed E-state index contributed by atoms with van der Waals surface area (Å²) in [4.78, 5) is 22.9. The van der Waals surface area contributed by atoms with Crippen LogP contribution >= 0.6 is 15.9 Å². The minimum absolute atomic E-state index is 0.0447. The number of anilines is 1. The van der Waals surface area contributed by atoms with Crippen molar-refractivity contribution >= 4 is 33.2 Å². The molecule has 0 spiro atoms. The second-order valence-corrected chi connectivity index (χ2v) is 6.55. The fourth-order valence-electron chi connectivity index (χ4n) is 2.42. The van der Waals surface area contributed by atoms with E-state index in [2.05, 4.69) is 26.3 Å². The number of para-hydroxylation sites is 2. The van der Waals surface area contributed by atoms with Gasteiger partial charge in [0.2, 0.25) is 5.91 Å². The molecule has 1 heterocycles. The van der Waals surface area contributed by atoms with E-state index in [9.17, 15) is 14.9 Å². The monoisotopic (exact) mass is 446 g/mol. The van der Waals surface area contributed by atoms with E-state index in [0.29, 0.717) is 11.5 Å². The number of benzene rings is 2. The van der Waals surface area contributed by atoms with Gasteiger partial charge in [0.15, 0.2) is 11.5 Å². The fourth-order valence-corrected chi connectivity index (χ4v) is 2.75. The quantitative estimate of drug-likeness (QED) is 0.434. The molecule has 28 heavy (non-hydrogen) atoms. The number of nitrogens with one attached hydrogen (secondary N) is 1. The maximum Gasteiger partial charge on any atom is 0.275 e. The number of nitrogens with zero attached hydrogens (tertiary/aromatic N) is 3. The minimum atomic E-state index is -0.560. The van der Waals surface area contributed by atoms with Gasteiger partial charge in [-0.1, -0.05) is 12.1 Å².